The first-order valence-corrected chi connectivity index (χ1v) is 19.0. The highest BCUT2D eigenvalue weighted by Gasteiger charge is 2.46. The van der Waals surface area contributed by atoms with Gasteiger partial charge in [-0.1, -0.05) is 117 Å². The maximum atomic E-state index is 12.3. The number of rotatable bonds is 26. The van der Waals surface area contributed by atoms with Crippen LogP contribution in [0.15, 0.2) is 0 Å². The standard InChI is InChI=1S/C24H50O7S2.C6H16N/c1-5-7-8-9-10-11-12-13-14-15-16-17-18-19-20-21-22-30-23-24(6-2,29-3)33(27,28)31-32(4,25)26;1-5-6-7(2,3)4/h5-23H2,1-4H3;5-6H2,1-4H3/q;+1. The van der Waals surface area contributed by atoms with Crippen molar-refractivity contribution in [3.8, 4) is 0 Å². The second-order valence-corrected chi connectivity index (χ2v) is 15.7. The first-order chi connectivity index (χ1) is 18.7. The summed E-state index contributed by atoms with van der Waals surface area (Å²) < 4.78 is 63.3. The van der Waals surface area contributed by atoms with Gasteiger partial charge in [-0.05, 0) is 19.3 Å². The second kappa shape index (κ2) is 24.2. The average Bonchev–Trinajstić information content (AvgIpc) is 2.84. The predicted octanol–water partition coefficient (Wildman–Crippen LogP) is 7.43. The molecule has 0 saturated heterocycles. The van der Waals surface area contributed by atoms with Crippen LogP contribution in [0, 0.1) is 0 Å². The van der Waals surface area contributed by atoms with Crippen LogP contribution in [-0.4, -0.2) is 80.5 Å². The van der Waals surface area contributed by atoms with Gasteiger partial charge in [-0.3, -0.25) is 0 Å². The zero-order chi connectivity index (χ0) is 31.0. The highest BCUT2D eigenvalue weighted by molar-refractivity contribution is 8.00. The molecule has 0 rings (SSSR count). The molecular formula is C30H66NO7S2+. The molecule has 0 radical (unpaired) electrons. The third kappa shape index (κ3) is 24.3. The second-order valence-electron chi connectivity index (χ2n) is 12.1. The Bertz CT molecular complexity index is 774. The summed E-state index contributed by atoms with van der Waals surface area (Å²) in [6.07, 6.45) is 22.5. The topological polar surface area (TPSA) is 96.0 Å². The van der Waals surface area contributed by atoms with E-state index in [-0.39, 0.29) is 13.0 Å². The molecule has 0 saturated carbocycles. The molecule has 0 heterocycles. The van der Waals surface area contributed by atoms with Gasteiger partial charge in [-0.2, -0.15) is 16.8 Å². The normalized spacial score (nSPS) is 14.0. The molecule has 0 aromatic rings. The van der Waals surface area contributed by atoms with E-state index >= 15 is 0 Å². The van der Waals surface area contributed by atoms with Crippen LogP contribution in [-0.2, 0) is 33.3 Å². The van der Waals surface area contributed by atoms with Gasteiger partial charge in [0.15, 0.2) is 0 Å². The Morgan fingerprint density at radius 2 is 1.02 bits per heavy atom. The molecule has 0 aliphatic heterocycles. The summed E-state index contributed by atoms with van der Waals surface area (Å²) >= 11 is 0. The van der Waals surface area contributed by atoms with Crippen LogP contribution in [0.5, 0.6) is 0 Å². The number of hydrogen-bond donors (Lipinski definition) is 0. The number of ether oxygens (including phenoxy) is 2. The summed E-state index contributed by atoms with van der Waals surface area (Å²) in [5.41, 5.74) is 0. The molecule has 0 aliphatic carbocycles. The van der Waals surface area contributed by atoms with E-state index in [2.05, 4.69) is 38.6 Å². The summed E-state index contributed by atoms with van der Waals surface area (Å²) in [5.74, 6) is 0. The van der Waals surface area contributed by atoms with E-state index in [1.165, 1.54) is 104 Å². The van der Waals surface area contributed by atoms with Crippen molar-refractivity contribution in [2.75, 3.05) is 54.3 Å². The molecule has 0 amide bonds. The Morgan fingerprint density at radius 1 is 0.625 bits per heavy atom. The van der Waals surface area contributed by atoms with Crippen LogP contribution >= 0.6 is 0 Å². The van der Waals surface area contributed by atoms with E-state index in [4.69, 9.17) is 9.47 Å². The molecule has 0 aromatic heterocycles. The molecule has 8 nitrogen and oxygen atoms in total. The zero-order valence-corrected chi connectivity index (χ0v) is 29.1. The van der Waals surface area contributed by atoms with E-state index in [1.807, 2.05) is 0 Å². The van der Waals surface area contributed by atoms with Gasteiger partial charge in [0.2, 0.25) is 4.93 Å². The highest BCUT2D eigenvalue weighted by atomic mass is 32.3. The van der Waals surface area contributed by atoms with Gasteiger partial charge in [0.05, 0.1) is 40.6 Å². The van der Waals surface area contributed by atoms with Crippen LogP contribution in [0.1, 0.15) is 136 Å². The molecule has 0 bridgehead atoms. The van der Waals surface area contributed by atoms with E-state index < -0.39 is 25.2 Å². The summed E-state index contributed by atoms with van der Waals surface area (Å²) in [6.45, 7) is 7.47. The van der Waals surface area contributed by atoms with Crippen LogP contribution in [0.4, 0.5) is 0 Å². The van der Waals surface area contributed by atoms with Crippen molar-refractivity contribution in [2.24, 2.45) is 0 Å². The van der Waals surface area contributed by atoms with Crippen LogP contribution < -0.4 is 0 Å². The van der Waals surface area contributed by atoms with E-state index in [0.29, 0.717) is 12.9 Å². The first-order valence-electron chi connectivity index (χ1n) is 15.8. The summed E-state index contributed by atoms with van der Waals surface area (Å²) in [5, 5.41) is 0. The quantitative estimate of drug-likeness (QED) is 0.0737. The minimum atomic E-state index is -4.50. The van der Waals surface area contributed by atoms with Crippen molar-refractivity contribution in [3.05, 3.63) is 0 Å². The van der Waals surface area contributed by atoms with Gasteiger partial charge in [0, 0.05) is 13.7 Å². The lowest BCUT2D eigenvalue weighted by atomic mass is 10.0. The highest BCUT2D eigenvalue weighted by Crippen LogP contribution is 2.26. The van der Waals surface area contributed by atoms with Crippen molar-refractivity contribution < 1.29 is 34.4 Å². The van der Waals surface area contributed by atoms with Crippen LogP contribution in [0.25, 0.3) is 0 Å². The predicted molar refractivity (Wildman–Crippen MR) is 168 cm³/mol. The molecule has 40 heavy (non-hydrogen) atoms. The van der Waals surface area contributed by atoms with Gasteiger partial charge in [-0.15, -0.1) is 3.63 Å². The van der Waals surface area contributed by atoms with Crippen molar-refractivity contribution in [1.29, 1.82) is 0 Å². The van der Waals surface area contributed by atoms with Gasteiger partial charge in [0.1, 0.15) is 0 Å². The van der Waals surface area contributed by atoms with Crippen molar-refractivity contribution >= 4 is 20.2 Å². The largest absolute Gasteiger partial charge is 0.377 e. The molecule has 1 atom stereocenters. The maximum Gasteiger partial charge on any atom is 0.314 e. The summed E-state index contributed by atoms with van der Waals surface area (Å²) in [6, 6.07) is 0. The van der Waals surface area contributed by atoms with Gasteiger partial charge >= 0.3 is 10.1 Å². The summed E-state index contributed by atoms with van der Waals surface area (Å²) in [7, 11) is -0.823. The monoisotopic (exact) mass is 616 g/mol. The van der Waals surface area contributed by atoms with Crippen molar-refractivity contribution in [1.82, 2.24) is 0 Å². The number of quaternary nitrogens is 1. The fourth-order valence-electron chi connectivity index (χ4n) is 4.53. The van der Waals surface area contributed by atoms with Gasteiger partial charge in [-0.25, -0.2) is 0 Å². The minimum absolute atomic E-state index is 0.0142. The Kier molecular flexibility index (Phi) is 25.3. The third-order valence-corrected chi connectivity index (χ3v) is 10.1. The third-order valence-electron chi connectivity index (χ3n) is 6.94. The fraction of sp³-hybridized carbons (Fsp3) is 1.00. The Hall–Kier alpha value is -0.260. The summed E-state index contributed by atoms with van der Waals surface area (Å²) in [4.78, 5) is -1.83. The van der Waals surface area contributed by atoms with Crippen molar-refractivity contribution in [3.63, 3.8) is 0 Å². The fourth-order valence-corrected chi connectivity index (χ4v) is 7.11. The Morgan fingerprint density at radius 3 is 1.30 bits per heavy atom. The number of methoxy groups -OCH3 is 1. The van der Waals surface area contributed by atoms with Gasteiger partial charge in [0.25, 0.3) is 10.1 Å². The lowest BCUT2D eigenvalue weighted by molar-refractivity contribution is -0.870. The number of unbranched alkanes of at least 4 members (excludes halogenated alkanes) is 15. The van der Waals surface area contributed by atoms with Crippen molar-refractivity contribution in [2.45, 2.75) is 141 Å². The van der Waals surface area contributed by atoms with E-state index in [1.54, 1.807) is 6.92 Å². The van der Waals surface area contributed by atoms with Crippen LogP contribution in [0.3, 0.4) is 0 Å². The van der Waals surface area contributed by atoms with E-state index in [0.717, 1.165) is 23.7 Å². The zero-order valence-electron chi connectivity index (χ0n) is 27.5. The Balaban J connectivity index is 0. The molecule has 0 aromatic carbocycles. The molecule has 0 spiro atoms. The smallest absolute Gasteiger partial charge is 0.314 e. The lowest BCUT2D eigenvalue weighted by Gasteiger charge is -2.29. The van der Waals surface area contributed by atoms with Crippen LogP contribution in [0.2, 0.25) is 0 Å². The SMILES string of the molecule is CCCCCCCCCCCCCCCCCCOCC(CC)(OC)S(=O)(=O)OS(C)(=O)=O.CCC[N+](C)(C)C. The Labute approximate surface area is 249 Å². The molecule has 0 fully saturated rings. The molecular weight excluding hydrogens is 550 g/mol. The van der Waals surface area contributed by atoms with E-state index in [9.17, 15) is 16.8 Å². The maximum absolute atomic E-state index is 12.3. The van der Waals surface area contributed by atoms with Gasteiger partial charge < -0.3 is 14.0 Å². The average molecular weight is 617 g/mol. The molecule has 0 aliphatic rings. The molecule has 1 unspecified atom stereocenters. The molecule has 10 heteroatoms. The lowest BCUT2D eigenvalue weighted by Crippen LogP contribution is -2.46. The number of nitrogens with zero attached hydrogens (tertiary/aromatic N) is 1. The molecule has 0 N–H and O–H groups in total. The number of hydrogen-bond acceptors (Lipinski definition) is 7. The molecule has 244 valence electrons. The first kappa shape index (κ1) is 41.9. The minimum Gasteiger partial charge on any atom is -0.377 e.